The van der Waals surface area contributed by atoms with E-state index in [-0.39, 0.29) is 5.41 Å². The van der Waals surface area contributed by atoms with Crippen molar-refractivity contribution in [1.29, 1.82) is 0 Å². The molecule has 0 aliphatic carbocycles. The van der Waals surface area contributed by atoms with E-state index in [1.807, 2.05) is 7.05 Å². The van der Waals surface area contributed by atoms with Crippen molar-refractivity contribution in [3.63, 3.8) is 0 Å². The van der Waals surface area contributed by atoms with Crippen LogP contribution in [0.2, 0.25) is 0 Å². The summed E-state index contributed by atoms with van der Waals surface area (Å²) >= 11 is 0. The second kappa shape index (κ2) is 11.3. The monoisotopic (exact) mass is 377 g/mol. The Hall–Kier alpha value is -0.720. The molecule has 0 fully saturated rings. The van der Waals surface area contributed by atoms with E-state index in [1.54, 1.807) is 11.1 Å². The molecule has 0 aliphatic rings. The maximum absolute atomic E-state index is 3.24. The minimum absolute atomic E-state index is 0.274. The van der Waals surface area contributed by atoms with Gasteiger partial charge in [0, 0.05) is 7.05 Å². The molecule has 0 aromatic rings. The van der Waals surface area contributed by atoms with Gasteiger partial charge in [-0.2, -0.15) is 0 Å². The van der Waals surface area contributed by atoms with Gasteiger partial charge in [0.25, 0.3) is 0 Å². The second-order valence-electron chi connectivity index (χ2n) is 10.4. The van der Waals surface area contributed by atoms with E-state index >= 15 is 0 Å². The average Bonchev–Trinajstić information content (AvgIpc) is 2.62. The third kappa shape index (κ3) is 7.66. The summed E-state index contributed by atoms with van der Waals surface area (Å²) in [7, 11) is 2.01. The first kappa shape index (κ1) is 26.3. The van der Waals surface area contributed by atoms with Gasteiger partial charge in [-0.15, -0.1) is 0 Å². The number of hydrogen-bond donors (Lipinski definition) is 1. The summed E-state index contributed by atoms with van der Waals surface area (Å²) in [6, 6.07) is 0. The van der Waals surface area contributed by atoms with Crippen LogP contribution in [0.4, 0.5) is 0 Å². The van der Waals surface area contributed by atoms with E-state index in [1.165, 1.54) is 44.9 Å². The molecular formula is C26H51N. The first-order valence-electron chi connectivity index (χ1n) is 11.5. The molecule has 0 radical (unpaired) electrons. The van der Waals surface area contributed by atoms with Crippen molar-refractivity contribution < 1.29 is 0 Å². The predicted octanol–water partition coefficient (Wildman–Crippen LogP) is 8.52. The highest BCUT2D eigenvalue weighted by Crippen LogP contribution is 2.51. The van der Waals surface area contributed by atoms with Crippen LogP contribution in [0, 0.1) is 22.2 Å². The van der Waals surface area contributed by atoms with E-state index in [9.17, 15) is 0 Å². The van der Waals surface area contributed by atoms with Gasteiger partial charge in [-0.25, -0.2) is 0 Å². The Morgan fingerprint density at radius 1 is 0.889 bits per heavy atom. The Morgan fingerprint density at radius 2 is 1.48 bits per heavy atom. The van der Waals surface area contributed by atoms with Crippen molar-refractivity contribution in [3.05, 3.63) is 23.4 Å². The summed E-state index contributed by atoms with van der Waals surface area (Å²) in [6.07, 6.45) is 13.4. The van der Waals surface area contributed by atoms with Crippen LogP contribution in [-0.4, -0.2) is 7.05 Å². The molecule has 0 aromatic carbocycles. The lowest BCUT2D eigenvalue weighted by molar-refractivity contribution is 0.113. The first-order valence-corrected chi connectivity index (χ1v) is 11.5. The molecule has 0 bridgehead atoms. The summed E-state index contributed by atoms with van der Waals surface area (Å²) in [6.45, 7) is 23.9. The fourth-order valence-corrected chi connectivity index (χ4v) is 3.87. The summed E-state index contributed by atoms with van der Waals surface area (Å²) in [5.41, 5.74) is 4.23. The van der Waals surface area contributed by atoms with Crippen LogP contribution in [0.15, 0.2) is 23.4 Å². The second-order valence-corrected chi connectivity index (χ2v) is 10.4. The Kier molecular flexibility index (Phi) is 11.0. The molecule has 0 aromatic heterocycles. The van der Waals surface area contributed by atoms with E-state index in [2.05, 4.69) is 86.8 Å². The fourth-order valence-electron chi connectivity index (χ4n) is 3.87. The molecule has 27 heavy (non-hydrogen) atoms. The van der Waals surface area contributed by atoms with Gasteiger partial charge in [-0.1, -0.05) is 99.3 Å². The minimum atomic E-state index is 0.274. The van der Waals surface area contributed by atoms with Gasteiger partial charge in [0.1, 0.15) is 0 Å². The molecular weight excluding hydrogens is 326 g/mol. The van der Waals surface area contributed by atoms with Crippen LogP contribution in [0.1, 0.15) is 114 Å². The zero-order valence-corrected chi connectivity index (χ0v) is 20.7. The molecule has 0 rings (SSSR count). The van der Waals surface area contributed by atoms with Gasteiger partial charge < -0.3 is 5.32 Å². The molecule has 1 nitrogen and oxygen atoms in total. The van der Waals surface area contributed by atoms with Crippen LogP contribution < -0.4 is 5.32 Å². The van der Waals surface area contributed by atoms with Crippen molar-refractivity contribution in [1.82, 2.24) is 5.32 Å². The summed E-state index contributed by atoms with van der Waals surface area (Å²) in [5.74, 6) is 0.619. The van der Waals surface area contributed by atoms with Crippen molar-refractivity contribution in [2.45, 2.75) is 114 Å². The molecule has 160 valence electrons. The van der Waals surface area contributed by atoms with Crippen LogP contribution in [0.3, 0.4) is 0 Å². The van der Waals surface area contributed by atoms with E-state index in [4.69, 9.17) is 0 Å². The highest BCUT2D eigenvalue weighted by molar-refractivity contribution is 5.19. The van der Waals surface area contributed by atoms with Crippen molar-refractivity contribution in [2.75, 3.05) is 7.05 Å². The zero-order valence-electron chi connectivity index (χ0n) is 20.7. The van der Waals surface area contributed by atoms with E-state index in [0.29, 0.717) is 16.7 Å². The lowest BCUT2D eigenvalue weighted by atomic mass is 9.58. The Morgan fingerprint density at radius 3 is 1.89 bits per heavy atom. The summed E-state index contributed by atoms with van der Waals surface area (Å²) in [5, 5.41) is 3.24. The molecule has 0 amide bonds. The standard InChI is InChI=1S/C26H51N/c1-12-24(6,7)19-18-23(26(10,14-3)25(8,9)13-2)17-15-16-22(20-27-11)21(4)5/h18,20-21,27H,12-17,19H2,1-11H3/b22-20+,23-18-. The number of allylic oxidation sites excluding steroid dienone is 3. The van der Waals surface area contributed by atoms with Gasteiger partial charge in [0.2, 0.25) is 0 Å². The normalized spacial score (nSPS) is 16.6. The van der Waals surface area contributed by atoms with E-state index < -0.39 is 0 Å². The average molecular weight is 378 g/mol. The van der Waals surface area contributed by atoms with Gasteiger partial charge in [0.15, 0.2) is 0 Å². The summed E-state index contributed by atoms with van der Waals surface area (Å²) < 4.78 is 0. The lowest BCUT2D eigenvalue weighted by Gasteiger charge is -2.46. The van der Waals surface area contributed by atoms with Crippen molar-refractivity contribution in [3.8, 4) is 0 Å². The highest BCUT2D eigenvalue weighted by atomic mass is 14.8. The van der Waals surface area contributed by atoms with Crippen LogP contribution in [0.5, 0.6) is 0 Å². The van der Waals surface area contributed by atoms with Gasteiger partial charge >= 0.3 is 0 Å². The zero-order chi connectivity index (χ0) is 21.3. The maximum Gasteiger partial charge on any atom is 0.00276 e. The molecule has 0 aliphatic heterocycles. The fraction of sp³-hybridized carbons (Fsp3) is 0.846. The molecule has 1 atom stereocenters. The van der Waals surface area contributed by atoms with Gasteiger partial charge in [-0.05, 0) is 60.5 Å². The Balaban J connectivity index is 5.61. The molecule has 1 unspecified atom stereocenters. The number of nitrogens with one attached hydrogen (secondary N) is 1. The van der Waals surface area contributed by atoms with Gasteiger partial charge in [0.05, 0.1) is 0 Å². The van der Waals surface area contributed by atoms with E-state index in [0.717, 1.165) is 0 Å². The van der Waals surface area contributed by atoms with Crippen LogP contribution >= 0.6 is 0 Å². The number of rotatable bonds is 13. The molecule has 0 heterocycles. The summed E-state index contributed by atoms with van der Waals surface area (Å²) in [4.78, 5) is 0. The topological polar surface area (TPSA) is 12.0 Å². The largest absolute Gasteiger partial charge is 0.394 e. The Bertz CT molecular complexity index is 478. The molecule has 1 N–H and O–H groups in total. The Labute approximate surface area is 172 Å². The van der Waals surface area contributed by atoms with Gasteiger partial charge in [-0.3, -0.25) is 0 Å². The third-order valence-corrected chi connectivity index (χ3v) is 7.63. The highest BCUT2D eigenvalue weighted by Gasteiger charge is 2.40. The number of hydrogen-bond acceptors (Lipinski definition) is 1. The van der Waals surface area contributed by atoms with Crippen molar-refractivity contribution in [2.24, 2.45) is 22.2 Å². The SMILES string of the molecule is CCC(C)(C)C/C=C(/CCC/C(=C\NC)C(C)C)C(C)(CC)C(C)(C)CC. The molecule has 0 saturated heterocycles. The smallest absolute Gasteiger partial charge is 0.00276 e. The van der Waals surface area contributed by atoms with Crippen LogP contribution in [0.25, 0.3) is 0 Å². The lowest BCUT2D eigenvalue weighted by Crippen LogP contribution is -2.36. The minimum Gasteiger partial charge on any atom is -0.394 e. The molecule has 0 saturated carbocycles. The van der Waals surface area contributed by atoms with Crippen LogP contribution in [-0.2, 0) is 0 Å². The molecule has 1 heteroatoms. The quantitative estimate of drug-likeness (QED) is 0.317. The van der Waals surface area contributed by atoms with Crippen molar-refractivity contribution >= 4 is 0 Å². The maximum atomic E-state index is 3.24. The first-order chi connectivity index (χ1) is 12.4. The third-order valence-electron chi connectivity index (χ3n) is 7.63. The molecule has 0 spiro atoms. The predicted molar refractivity (Wildman–Crippen MR) is 125 cm³/mol.